The van der Waals surface area contributed by atoms with E-state index in [-0.39, 0.29) is 55.3 Å². The van der Waals surface area contributed by atoms with E-state index in [2.05, 4.69) is 53.2 Å². The molecule has 12 nitrogen and oxygen atoms in total. The fourth-order valence-corrected chi connectivity index (χ4v) is 9.77. The number of aliphatic hydroxyl groups excluding tert-OH is 1. The van der Waals surface area contributed by atoms with Crippen LogP contribution in [-0.4, -0.2) is 109 Å². The van der Waals surface area contributed by atoms with Gasteiger partial charge in [-0.1, -0.05) is 71.3 Å². The Morgan fingerprint density at radius 3 is 2.35 bits per heavy atom. The summed E-state index contributed by atoms with van der Waals surface area (Å²) in [7, 11) is 1.51. The monoisotopic (exact) mass is 850 g/mol. The van der Waals surface area contributed by atoms with E-state index in [4.69, 9.17) is 14.2 Å². The maximum Gasteiger partial charge on any atom is 0.313 e. The smallest absolute Gasteiger partial charge is 0.313 e. The topological polar surface area (TPSA) is 138 Å². The normalized spacial score (nSPS) is 24.4. The highest BCUT2D eigenvalue weighted by molar-refractivity contribution is 9.09. The number of nitrogens with one attached hydrogen (secondary N) is 1. The van der Waals surface area contributed by atoms with E-state index < -0.39 is 47.7 Å². The molecule has 3 fully saturated rings. The molecule has 13 heteroatoms. The lowest BCUT2D eigenvalue weighted by Crippen LogP contribution is -2.57. The second-order valence-corrected chi connectivity index (χ2v) is 16.2. The summed E-state index contributed by atoms with van der Waals surface area (Å²) in [6.45, 7) is 14.1. The number of hydrogen-bond acceptors (Lipinski definition) is 9. The lowest BCUT2D eigenvalue weighted by Gasteiger charge is -2.37. The largest absolute Gasteiger partial charge is 0.455 e. The Balaban J connectivity index is 1.51. The summed E-state index contributed by atoms with van der Waals surface area (Å²) in [5.41, 5.74) is 1.03. The minimum Gasteiger partial charge on any atom is -0.455 e. The third kappa shape index (κ3) is 9.48. The van der Waals surface area contributed by atoms with Crippen LogP contribution in [0.3, 0.4) is 0 Å². The maximum absolute atomic E-state index is 15.1. The van der Waals surface area contributed by atoms with Crippen molar-refractivity contribution in [2.24, 2.45) is 11.8 Å². The van der Waals surface area contributed by atoms with Gasteiger partial charge in [-0.2, -0.15) is 0 Å². The Morgan fingerprint density at radius 1 is 1.04 bits per heavy atom. The maximum atomic E-state index is 15.1. The number of allylic oxidation sites excluding steroid dienone is 1. The predicted molar refractivity (Wildman–Crippen MR) is 224 cm³/mol. The van der Waals surface area contributed by atoms with Crippen LogP contribution in [0.1, 0.15) is 70.5 Å². The average Bonchev–Trinajstić information content (AvgIpc) is 3.81. The molecule has 1 unspecified atom stereocenters. The second kappa shape index (κ2) is 20.6. The van der Waals surface area contributed by atoms with Gasteiger partial charge in [-0.05, 0) is 69.4 Å². The fourth-order valence-electron chi connectivity index (χ4n) is 8.82. The molecule has 3 saturated heterocycles. The van der Waals surface area contributed by atoms with E-state index in [1.165, 1.54) is 7.11 Å². The predicted octanol–water partition coefficient (Wildman–Crippen LogP) is 5.73. The van der Waals surface area contributed by atoms with Crippen LogP contribution in [0.4, 0.5) is 11.4 Å². The van der Waals surface area contributed by atoms with E-state index in [1.807, 2.05) is 54.6 Å². The number of ether oxygens (including phenoxy) is 3. The van der Waals surface area contributed by atoms with Crippen LogP contribution in [0.15, 0.2) is 79.9 Å². The molecule has 8 atom stereocenters. The van der Waals surface area contributed by atoms with Gasteiger partial charge in [0.05, 0.1) is 30.6 Å². The molecule has 3 heterocycles. The number of anilines is 2. The number of amides is 3. The van der Waals surface area contributed by atoms with Crippen molar-refractivity contribution in [3.8, 4) is 0 Å². The van der Waals surface area contributed by atoms with Gasteiger partial charge in [0.1, 0.15) is 17.7 Å². The first kappa shape index (κ1) is 44.1. The van der Waals surface area contributed by atoms with Crippen molar-refractivity contribution in [3.05, 3.63) is 85.5 Å². The number of alkyl halides is 1. The highest BCUT2D eigenvalue weighted by atomic mass is 79.9. The summed E-state index contributed by atoms with van der Waals surface area (Å²) in [6.07, 6.45) is 5.43. The number of carbonyl (C=O) groups is 4. The summed E-state index contributed by atoms with van der Waals surface area (Å²) in [5, 5.41) is 12.4. The van der Waals surface area contributed by atoms with Crippen LogP contribution in [-0.2, 0) is 33.4 Å². The Labute approximate surface area is 345 Å². The first-order valence-corrected chi connectivity index (χ1v) is 21.2. The number of nitrogens with zero attached hydrogens (tertiary/aromatic N) is 3. The van der Waals surface area contributed by atoms with Gasteiger partial charge in [0.25, 0.3) is 5.91 Å². The number of halogens is 1. The Kier molecular flexibility index (Phi) is 15.9. The van der Waals surface area contributed by atoms with E-state index in [9.17, 15) is 19.5 Å². The standard InChI is InChI=1S/C44H59BrN4O8/c1-6-10-20-35(51)46-34(29-55-5)38(30-18-14-13-15-19-30)56-43(54)36-37-41(52)49(26-16-11-12-17-27-50)40(44(37)28-33(45)39(36)57-44)42(53)48(25-7-2)32-23-21-31(22-24-32)47(8-3)9-4/h6-7,13-15,18-19,21-24,33-34,36-40,50H,1-2,8-12,16-17,20,25-29H2,3-5H3,(H,46,51)/t33?,34-,36-,37+,38-,39-,40-,44+/m1/s1. The summed E-state index contributed by atoms with van der Waals surface area (Å²) in [5.74, 6) is -3.54. The number of likely N-dealkylation sites (tertiary alicyclic amines) is 1. The van der Waals surface area contributed by atoms with Crippen LogP contribution < -0.4 is 15.1 Å². The van der Waals surface area contributed by atoms with Gasteiger partial charge in [-0.25, -0.2) is 0 Å². The van der Waals surface area contributed by atoms with Gasteiger partial charge >= 0.3 is 5.97 Å². The number of fused-ring (bicyclic) bond motifs is 1. The van der Waals surface area contributed by atoms with Crippen molar-refractivity contribution in [1.82, 2.24) is 10.2 Å². The van der Waals surface area contributed by atoms with Gasteiger partial charge in [-0.3, -0.25) is 19.2 Å². The number of esters is 1. The summed E-state index contributed by atoms with van der Waals surface area (Å²) >= 11 is 3.79. The Morgan fingerprint density at radius 2 is 1.72 bits per heavy atom. The highest BCUT2D eigenvalue weighted by Crippen LogP contribution is 2.60. The van der Waals surface area contributed by atoms with E-state index in [1.54, 1.807) is 22.0 Å². The molecule has 0 saturated carbocycles. The van der Waals surface area contributed by atoms with Gasteiger partial charge in [0.2, 0.25) is 11.8 Å². The Bertz CT molecular complexity index is 1690. The summed E-state index contributed by atoms with van der Waals surface area (Å²) < 4.78 is 18.7. The molecule has 3 amide bonds. The summed E-state index contributed by atoms with van der Waals surface area (Å²) in [6, 6.07) is 15.2. The van der Waals surface area contributed by atoms with Crippen LogP contribution in [0, 0.1) is 11.8 Å². The number of carbonyl (C=O) groups excluding carboxylic acids is 4. The van der Waals surface area contributed by atoms with Gasteiger partial charge in [-0.15, -0.1) is 13.2 Å². The van der Waals surface area contributed by atoms with E-state index >= 15 is 4.79 Å². The zero-order valence-corrected chi connectivity index (χ0v) is 35.1. The molecule has 0 aliphatic carbocycles. The third-order valence-corrected chi connectivity index (χ3v) is 12.3. The number of unbranched alkanes of at least 4 members (excludes halogenated alkanes) is 3. The zero-order valence-electron chi connectivity index (χ0n) is 33.5. The fraction of sp³-hybridized carbons (Fsp3) is 0.545. The number of rotatable bonds is 23. The Hall–Kier alpha value is -4.04. The molecule has 2 N–H and O–H groups in total. The van der Waals surface area contributed by atoms with Crippen LogP contribution >= 0.6 is 15.9 Å². The first-order chi connectivity index (χ1) is 27.6. The molecule has 2 aromatic rings. The molecule has 2 bridgehead atoms. The molecule has 2 aromatic carbocycles. The van der Waals surface area contributed by atoms with E-state index in [0.717, 1.165) is 31.6 Å². The highest BCUT2D eigenvalue weighted by Gasteiger charge is 2.77. The molecular formula is C44H59BrN4O8. The second-order valence-electron chi connectivity index (χ2n) is 15.0. The molecule has 310 valence electrons. The molecule has 0 radical (unpaired) electrons. The zero-order chi connectivity index (χ0) is 41.1. The van der Waals surface area contributed by atoms with Crippen molar-refractivity contribution in [1.29, 1.82) is 0 Å². The van der Waals surface area contributed by atoms with Crippen LogP contribution in [0.5, 0.6) is 0 Å². The number of aliphatic hydroxyl groups is 1. The summed E-state index contributed by atoms with van der Waals surface area (Å²) in [4.78, 5) is 62.9. The molecule has 3 aliphatic rings. The molecule has 5 rings (SSSR count). The average molecular weight is 852 g/mol. The van der Waals surface area contributed by atoms with Crippen molar-refractivity contribution in [2.75, 3.05) is 56.3 Å². The van der Waals surface area contributed by atoms with Gasteiger partial charge < -0.3 is 39.3 Å². The SMILES string of the molecule is C=CCCC(=O)N[C@H](COC)[C@H](OC(=O)[C@H]1[C@@H]2O[C@@]3(CC2Br)[C@@H]1C(=O)N(CCCCCCO)[C@@H]3C(=O)N(CC=C)c1ccc(N(CC)CC)cc1)c1ccccc1. The molecular weight excluding hydrogens is 792 g/mol. The molecule has 3 aliphatic heterocycles. The van der Waals surface area contributed by atoms with Crippen molar-refractivity contribution >= 4 is 51.0 Å². The van der Waals surface area contributed by atoms with Crippen molar-refractivity contribution < 1.29 is 38.5 Å². The van der Waals surface area contributed by atoms with Crippen molar-refractivity contribution in [3.63, 3.8) is 0 Å². The van der Waals surface area contributed by atoms with Gasteiger partial charge in [0, 0.05) is 62.5 Å². The molecule has 0 aromatic heterocycles. The lowest BCUT2D eigenvalue weighted by molar-refractivity contribution is -0.163. The van der Waals surface area contributed by atoms with Crippen molar-refractivity contribution in [2.45, 2.75) is 93.5 Å². The van der Waals surface area contributed by atoms with E-state index in [0.29, 0.717) is 36.9 Å². The minimum absolute atomic E-state index is 0.0559. The lowest BCUT2D eigenvalue weighted by atomic mass is 9.70. The third-order valence-electron chi connectivity index (χ3n) is 11.5. The number of hydrogen-bond donors (Lipinski definition) is 2. The minimum atomic E-state index is -1.31. The quantitative estimate of drug-likeness (QED) is 0.0622. The number of methoxy groups -OCH3 is 1. The molecule has 1 spiro atoms. The van der Waals surface area contributed by atoms with Crippen LogP contribution in [0.25, 0.3) is 0 Å². The van der Waals surface area contributed by atoms with Gasteiger partial charge in [0.15, 0.2) is 0 Å². The van der Waals surface area contributed by atoms with Crippen LogP contribution in [0.2, 0.25) is 0 Å². The first-order valence-electron chi connectivity index (χ1n) is 20.3. The number of benzene rings is 2. The molecule has 57 heavy (non-hydrogen) atoms.